The maximum absolute atomic E-state index is 14.3. The second kappa shape index (κ2) is 16.4. The number of fused-ring (bicyclic) bond motifs is 2. The third kappa shape index (κ3) is 7.44. The standard InChI is InChI=1S/C46H49ClN4O4S/c1-4-49(5-2)34-21-23-50(24-22-34)42(52)28-51-40-27-41(46(53)54)56-45(40)43(30-9-7-6-8-10-30)44(51)32-14-19-38-31(25-32)13-20-39(48-38)37-26-35(55-3)17-18-36(37)29-11-15-33(47)16-12-29/h11-20,25-27,30,34H,4-10,21-24,28H2,1-3H3,(H,53,54). The number of piperidine rings is 1. The minimum atomic E-state index is -0.929. The minimum absolute atomic E-state index is 0.0845. The van der Waals surface area contributed by atoms with E-state index < -0.39 is 5.97 Å². The van der Waals surface area contributed by atoms with Crippen LogP contribution in [0.2, 0.25) is 5.02 Å². The fraction of sp³-hybridized carbons (Fsp3) is 0.370. The quantitative estimate of drug-likeness (QED) is 0.141. The molecule has 0 radical (unpaired) electrons. The lowest BCUT2D eigenvalue weighted by molar-refractivity contribution is -0.133. The Morgan fingerprint density at radius 1 is 0.875 bits per heavy atom. The molecule has 1 amide bonds. The van der Waals surface area contributed by atoms with E-state index in [4.69, 9.17) is 21.3 Å². The Labute approximate surface area is 337 Å². The van der Waals surface area contributed by atoms with Crippen molar-refractivity contribution in [3.8, 4) is 39.4 Å². The van der Waals surface area contributed by atoms with Crippen LogP contribution < -0.4 is 4.74 Å². The van der Waals surface area contributed by atoms with Gasteiger partial charge in [-0.05, 0) is 115 Å². The summed E-state index contributed by atoms with van der Waals surface area (Å²) in [4.78, 5) is 36.6. The van der Waals surface area contributed by atoms with E-state index in [0.29, 0.717) is 21.9 Å². The smallest absolute Gasteiger partial charge is 0.345 e. The number of ether oxygens (including phenoxy) is 1. The third-order valence-electron chi connectivity index (χ3n) is 12.1. The number of carboxylic acids is 1. The van der Waals surface area contributed by atoms with Gasteiger partial charge in [-0.15, -0.1) is 11.3 Å². The van der Waals surface area contributed by atoms with Gasteiger partial charge in [0.2, 0.25) is 5.91 Å². The van der Waals surface area contributed by atoms with E-state index in [1.807, 2.05) is 41.3 Å². The summed E-state index contributed by atoms with van der Waals surface area (Å²) in [6.45, 7) is 8.08. The van der Waals surface area contributed by atoms with Crippen molar-refractivity contribution in [1.82, 2.24) is 19.4 Å². The number of rotatable bonds is 11. The molecule has 8 rings (SSSR count). The second-order valence-electron chi connectivity index (χ2n) is 15.2. The molecule has 8 nitrogen and oxygen atoms in total. The summed E-state index contributed by atoms with van der Waals surface area (Å²) >= 11 is 7.58. The number of carboxylic acid groups (broad SMARTS) is 1. The monoisotopic (exact) mass is 788 g/mol. The normalized spacial score (nSPS) is 15.6. The SMILES string of the molecule is CCN(CC)C1CCN(C(=O)Cn2c(-c3ccc4nc(-c5cc(OC)ccc5-c5ccc(Cl)cc5)ccc4c3)c(C3CCCCC3)c3sc(C(=O)O)cc32)CC1. The van der Waals surface area contributed by atoms with Crippen molar-refractivity contribution in [3.05, 3.63) is 94.3 Å². The van der Waals surface area contributed by atoms with Crippen molar-refractivity contribution < 1.29 is 19.4 Å². The Kier molecular flexibility index (Phi) is 11.2. The molecular formula is C46H49ClN4O4S. The first kappa shape index (κ1) is 38.2. The van der Waals surface area contributed by atoms with Crippen molar-refractivity contribution in [1.29, 1.82) is 0 Å². The van der Waals surface area contributed by atoms with Crippen LogP contribution >= 0.6 is 22.9 Å². The molecule has 10 heteroatoms. The van der Waals surface area contributed by atoms with Crippen LogP contribution in [-0.2, 0) is 11.3 Å². The Hall–Kier alpha value is -4.70. The number of thiophene rings is 1. The van der Waals surface area contributed by atoms with Gasteiger partial charge in [0, 0.05) is 35.1 Å². The van der Waals surface area contributed by atoms with E-state index in [1.165, 1.54) is 23.3 Å². The predicted octanol–water partition coefficient (Wildman–Crippen LogP) is 11.0. The molecule has 0 unspecified atom stereocenters. The molecule has 3 aromatic carbocycles. The Morgan fingerprint density at radius 2 is 1.61 bits per heavy atom. The second-order valence-corrected chi connectivity index (χ2v) is 16.7. The lowest BCUT2D eigenvalue weighted by Crippen LogP contribution is -2.47. The molecular weight excluding hydrogens is 740 g/mol. The Bertz CT molecular complexity index is 2380. The molecule has 0 spiro atoms. The van der Waals surface area contributed by atoms with E-state index >= 15 is 0 Å². The number of carbonyl (C=O) groups is 2. The fourth-order valence-corrected chi connectivity index (χ4v) is 10.4. The highest BCUT2D eigenvalue weighted by Gasteiger charge is 2.32. The molecule has 0 bridgehead atoms. The number of methoxy groups -OCH3 is 1. The van der Waals surface area contributed by atoms with Gasteiger partial charge in [0.25, 0.3) is 0 Å². The summed E-state index contributed by atoms with van der Waals surface area (Å²) in [5, 5.41) is 11.8. The van der Waals surface area contributed by atoms with Crippen molar-refractivity contribution in [2.24, 2.45) is 0 Å². The maximum atomic E-state index is 14.3. The maximum Gasteiger partial charge on any atom is 0.345 e. The lowest BCUT2D eigenvalue weighted by Gasteiger charge is -2.37. The summed E-state index contributed by atoms with van der Waals surface area (Å²) in [7, 11) is 1.67. The summed E-state index contributed by atoms with van der Waals surface area (Å²) in [5.74, 6) is 0.195. The summed E-state index contributed by atoms with van der Waals surface area (Å²) in [6, 6.07) is 26.7. The number of halogens is 1. The van der Waals surface area contributed by atoms with E-state index in [0.717, 1.165) is 125 Å². The number of likely N-dealkylation sites (tertiary alicyclic amines) is 1. The van der Waals surface area contributed by atoms with Crippen LogP contribution in [0.4, 0.5) is 0 Å². The Balaban J connectivity index is 1.21. The molecule has 56 heavy (non-hydrogen) atoms. The summed E-state index contributed by atoms with van der Waals surface area (Å²) < 4.78 is 8.76. The molecule has 1 aliphatic heterocycles. The van der Waals surface area contributed by atoms with Crippen LogP contribution in [0.5, 0.6) is 5.75 Å². The predicted molar refractivity (Wildman–Crippen MR) is 228 cm³/mol. The zero-order valence-corrected chi connectivity index (χ0v) is 34.0. The molecule has 290 valence electrons. The molecule has 4 heterocycles. The number of hydrogen-bond acceptors (Lipinski definition) is 6. The number of pyridine rings is 1. The molecule has 1 saturated carbocycles. The van der Waals surface area contributed by atoms with E-state index in [-0.39, 0.29) is 12.5 Å². The third-order valence-corrected chi connectivity index (χ3v) is 13.5. The van der Waals surface area contributed by atoms with Crippen molar-refractivity contribution in [2.75, 3.05) is 33.3 Å². The first-order valence-electron chi connectivity index (χ1n) is 20.0. The highest BCUT2D eigenvalue weighted by molar-refractivity contribution is 7.21. The van der Waals surface area contributed by atoms with Crippen LogP contribution in [0.15, 0.2) is 78.9 Å². The molecule has 1 aliphatic carbocycles. The van der Waals surface area contributed by atoms with Gasteiger partial charge >= 0.3 is 5.97 Å². The summed E-state index contributed by atoms with van der Waals surface area (Å²) in [6.07, 6.45) is 7.52. The average molecular weight is 789 g/mol. The zero-order chi connectivity index (χ0) is 38.9. The molecule has 2 fully saturated rings. The highest BCUT2D eigenvalue weighted by Crippen LogP contribution is 2.47. The van der Waals surface area contributed by atoms with Gasteiger partial charge in [-0.2, -0.15) is 0 Å². The molecule has 1 saturated heterocycles. The zero-order valence-electron chi connectivity index (χ0n) is 32.4. The lowest BCUT2D eigenvalue weighted by atomic mass is 9.83. The first-order valence-corrected chi connectivity index (χ1v) is 21.2. The topological polar surface area (TPSA) is 87.9 Å². The van der Waals surface area contributed by atoms with Crippen molar-refractivity contribution in [3.63, 3.8) is 0 Å². The number of carbonyl (C=O) groups excluding carboxylic acids is 1. The van der Waals surface area contributed by atoms with Crippen LogP contribution in [-0.4, -0.2) is 75.7 Å². The van der Waals surface area contributed by atoms with E-state index in [9.17, 15) is 14.7 Å². The van der Waals surface area contributed by atoms with Crippen LogP contribution in [0.3, 0.4) is 0 Å². The minimum Gasteiger partial charge on any atom is -0.497 e. The number of aromatic carboxylic acids is 1. The van der Waals surface area contributed by atoms with E-state index in [1.54, 1.807) is 13.2 Å². The van der Waals surface area contributed by atoms with Gasteiger partial charge in [-0.3, -0.25) is 4.79 Å². The molecule has 3 aromatic heterocycles. The number of benzene rings is 3. The molecule has 0 atom stereocenters. The van der Waals surface area contributed by atoms with Crippen LogP contribution in [0.1, 0.15) is 79.9 Å². The van der Waals surface area contributed by atoms with E-state index in [2.05, 4.69) is 59.7 Å². The average Bonchev–Trinajstić information content (AvgIpc) is 3.80. The summed E-state index contributed by atoms with van der Waals surface area (Å²) in [5.41, 5.74) is 8.80. The van der Waals surface area contributed by atoms with Gasteiger partial charge < -0.3 is 24.2 Å². The van der Waals surface area contributed by atoms with Crippen LogP contribution in [0.25, 0.3) is 54.8 Å². The van der Waals surface area contributed by atoms with Gasteiger partial charge in [0.15, 0.2) is 0 Å². The number of hydrogen-bond donors (Lipinski definition) is 1. The van der Waals surface area contributed by atoms with Crippen molar-refractivity contribution >= 4 is 55.9 Å². The number of nitrogens with zero attached hydrogens (tertiary/aromatic N) is 4. The fourth-order valence-electron chi connectivity index (χ4n) is 9.12. The van der Waals surface area contributed by atoms with Gasteiger partial charge in [-0.25, -0.2) is 9.78 Å². The van der Waals surface area contributed by atoms with Crippen molar-refractivity contribution in [2.45, 2.75) is 77.3 Å². The van der Waals surface area contributed by atoms with Gasteiger partial charge in [0.05, 0.1) is 34.2 Å². The highest BCUT2D eigenvalue weighted by atomic mass is 35.5. The van der Waals surface area contributed by atoms with Gasteiger partial charge in [-0.1, -0.05) is 75.0 Å². The van der Waals surface area contributed by atoms with Gasteiger partial charge in [0.1, 0.15) is 17.2 Å². The largest absolute Gasteiger partial charge is 0.497 e. The molecule has 1 N–H and O–H groups in total. The molecule has 6 aromatic rings. The Morgan fingerprint density at radius 3 is 2.30 bits per heavy atom. The number of amides is 1. The number of aromatic nitrogens is 2. The molecule has 2 aliphatic rings. The first-order chi connectivity index (χ1) is 27.3. The van der Waals surface area contributed by atoms with Crippen LogP contribution in [0, 0.1) is 0 Å².